The van der Waals surface area contributed by atoms with E-state index in [1.54, 1.807) is 6.08 Å². The molecule has 2 heterocycles. The monoisotopic (exact) mass is 767 g/mol. The van der Waals surface area contributed by atoms with Gasteiger partial charge in [-0.25, -0.2) is 9.36 Å². The lowest BCUT2D eigenvalue weighted by Crippen LogP contribution is -2.70. The zero-order chi connectivity index (χ0) is 39.3. The standard InChI is InChI=1S/C32H54N3O16P/c1-16(2)8-6-9-17(3)10-7-11-18(4)12-13-46-21(30(42)43)15-47-52(44,45)51-32-28(26(40)25(39)27(49-32)29(34)41)50-31-23(35-19(5)37)22(33)24(38)20(14-36)48-31/h8,10,12,20-28,31-32,36,38-40H,6-7,9,11,13-15,33H2,1-5H3,(H2,34,41)(H,35,37)(H,42,43)(H,44,45)/b17-10+,18-12-/t20?,21-,22-,23?,24-,25?,26+,27?,28+,31+,32?/m1/s1. The van der Waals surface area contributed by atoms with Gasteiger partial charge in [-0.2, -0.15) is 0 Å². The summed E-state index contributed by atoms with van der Waals surface area (Å²) < 4.78 is 44.8. The van der Waals surface area contributed by atoms with Gasteiger partial charge < -0.3 is 66.2 Å². The summed E-state index contributed by atoms with van der Waals surface area (Å²) in [6, 6.07) is -2.66. The Morgan fingerprint density at radius 3 is 2.10 bits per heavy atom. The lowest BCUT2D eigenvalue weighted by Gasteiger charge is -2.47. The number of aliphatic carboxylic acids is 1. The van der Waals surface area contributed by atoms with Crippen molar-refractivity contribution < 1.29 is 77.4 Å². The predicted octanol–water partition coefficient (Wildman–Crippen LogP) is -0.764. The first-order valence-corrected chi connectivity index (χ1v) is 18.2. The van der Waals surface area contributed by atoms with E-state index < -0.39 is 106 Å². The van der Waals surface area contributed by atoms with E-state index in [1.807, 2.05) is 20.8 Å². The highest BCUT2D eigenvalue weighted by Gasteiger charge is 2.53. The van der Waals surface area contributed by atoms with Gasteiger partial charge in [0.1, 0.15) is 24.4 Å². The molecule has 0 spiro atoms. The van der Waals surface area contributed by atoms with Crippen LogP contribution < -0.4 is 16.8 Å². The normalized spacial score (nSPS) is 31.7. The molecule has 2 amide bonds. The number of nitrogens with one attached hydrogen (secondary N) is 1. The van der Waals surface area contributed by atoms with Gasteiger partial charge in [0.15, 0.2) is 24.8 Å². The molecule has 2 aliphatic heterocycles. The summed E-state index contributed by atoms with van der Waals surface area (Å²) in [7, 11) is -5.35. The summed E-state index contributed by atoms with van der Waals surface area (Å²) in [6.45, 7) is 7.17. The van der Waals surface area contributed by atoms with Crippen molar-refractivity contribution >= 4 is 25.6 Å². The fraction of sp³-hybridized carbons (Fsp3) is 0.719. The third kappa shape index (κ3) is 14.3. The van der Waals surface area contributed by atoms with Crippen molar-refractivity contribution in [2.75, 3.05) is 19.8 Å². The number of hydrogen-bond donors (Lipinski definition) is 9. The predicted molar refractivity (Wildman–Crippen MR) is 182 cm³/mol. The summed E-state index contributed by atoms with van der Waals surface area (Å²) in [6.07, 6.45) is -7.43. The van der Waals surface area contributed by atoms with Crippen LogP contribution in [0.1, 0.15) is 60.3 Å². The van der Waals surface area contributed by atoms with E-state index in [2.05, 4.69) is 24.4 Å². The van der Waals surface area contributed by atoms with E-state index >= 15 is 0 Å². The number of hydrogen-bond acceptors (Lipinski definition) is 15. The molecule has 298 valence electrons. The number of aliphatic hydroxyl groups excluding tert-OH is 4. The molecule has 2 rings (SSSR count). The molecule has 6 unspecified atom stereocenters. The van der Waals surface area contributed by atoms with Crippen LogP contribution in [0, 0.1) is 0 Å². The van der Waals surface area contributed by atoms with Crippen molar-refractivity contribution in [3.63, 3.8) is 0 Å². The van der Waals surface area contributed by atoms with Crippen molar-refractivity contribution in [1.82, 2.24) is 5.32 Å². The van der Waals surface area contributed by atoms with Gasteiger partial charge in [-0.15, -0.1) is 0 Å². The van der Waals surface area contributed by atoms with Crippen molar-refractivity contribution in [2.45, 2.75) is 128 Å². The SMILES string of the molecule is CC(=O)NC1[C@H](O[C@@H]2C(OP(=O)(O)OC[C@@H](OC/C=C(/C)CC/C=C(\C)CCC=C(C)C)C(=O)O)OC(C(N)=O)C(O)[C@@H]2O)OC(CO)[C@@H](O)[C@@H]1N. The molecular formula is C32H54N3O16P. The highest BCUT2D eigenvalue weighted by atomic mass is 31.2. The zero-order valence-electron chi connectivity index (χ0n) is 29.9. The van der Waals surface area contributed by atoms with E-state index in [-0.39, 0.29) is 6.61 Å². The molecule has 0 aromatic carbocycles. The van der Waals surface area contributed by atoms with Gasteiger partial charge in [-0.05, 0) is 53.4 Å². The molecule has 20 heteroatoms. The van der Waals surface area contributed by atoms with E-state index in [0.29, 0.717) is 6.42 Å². The summed E-state index contributed by atoms with van der Waals surface area (Å²) in [4.78, 5) is 46.2. The molecule has 0 aliphatic carbocycles. The van der Waals surface area contributed by atoms with Crippen LogP contribution in [0.15, 0.2) is 34.9 Å². The maximum atomic E-state index is 13.0. The maximum Gasteiger partial charge on any atom is 0.474 e. The molecule has 0 aromatic rings. The topological polar surface area (TPSA) is 309 Å². The molecule has 0 aromatic heterocycles. The third-order valence-electron chi connectivity index (χ3n) is 8.21. The van der Waals surface area contributed by atoms with Crippen LogP contribution >= 0.6 is 7.82 Å². The highest BCUT2D eigenvalue weighted by Crippen LogP contribution is 2.47. The molecule has 2 aliphatic rings. The van der Waals surface area contributed by atoms with E-state index in [4.69, 9.17) is 39.5 Å². The number of aliphatic hydroxyl groups is 4. The second kappa shape index (κ2) is 21.3. The molecule has 11 N–H and O–H groups in total. The molecule has 2 saturated heterocycles. The smallest absolute Gasteiger partial charge is 0.474 e. The quantitative estimate of drug-likeness (QED) is 0.0543. The number of rotatable bonds is 20. The number of allylic oxidation sites excluding steroid dienone is 5. The van der Waals surface area contributed by atoms with Crippen LogP contribution in [0.2, 0.25) is 0 Å². The largest absolute Gasteiger partial charge is 0.479 e. The summed E-state index contributed by atoms with van der Waals surface area (Å²) in [5.41, 5.74) is 14.7. The molecule has 0 bridgehead atoms. The van der Waals surface area contributed by atoms with Gasteiger partial charge in [0.25, 0.3) is 0 Å². The van der Waals surface area contributed by atoms with Gasteiger partial charge in [0.05, 0.1) is 38.0 Å². The second-order valence-corrected chi connectivity index (χ2v) is 14.3. The molecule has 52 heavy (non-hydrogen) atoms. The molecule has 19 nitrogen and oxygen atoms in total. The van der Waals surface area contributed by atoms with E-state index in [9.17, 15) is 49.4 Å². The molecule has 2 fully saturated rings. The van der Waals surface area contributed by atoms with Crippen molar-refractivity contribution in [3.8, 4) is 0 Å². The number of ether oxygens (including phenoxy) is 4. The van der Waals surface area contributed by atoms with Gasteiger partial charge in [-0.3, -0.25) is 18.6 Å². The number of carboxylic acid groups (broad SMARTS) is 1. The van der Waals surface area contributed by atoms with Crippen molar-refractivity contribution in [1.29, 1.82) is 0 Å². The van der Waals surface area contributed by atoms with Gasteiger partial charge in [-0.1, -0.05) is 34.9 Å². The Morgan fingerprint density at radius 2 is 1.54 bits per heavy atom. The fourth-order valence-electron chi connectivity index (χ4n) is 5.26. The number of phosphoric ester groups is 1. The first kappa shape index (κ1) is 45.5. The van der Waals surface area contributed by atoms with Crippen LogP contribution in [0.4, 0.5) is 0 Å². The Hall–Kier alpha value is -2.62. The second-order valence-electron chi connectivity index (χ2n) is 12.9. The third-order valence-corrected chi connectivity index (χ3v) is 9.16. The van der Waals surface area contributed by atoms with Gasteiger partial charge in [0, 0.05) is 6.92 Å². The lowest BCUT2D eigenvalue weighted by molar-refractivity contribution is -0.332. The number of carbonyl (C=O) groups is 3. The molecule has 0 radical (unpaired) electrons. The Morgan fingerprint density at radius 1 is 0.923 bits per heavy atom. The molecule has 0 saturated carbocycles. The van der Waals surface area contributed by atoms with E-state index in [1.165, 1.54) is 11.1 Å². The summed E-state index contributed by atoms with van der Waals surface area (Å²) in [5.74, 6) is -3.49. The average Bonchev–Trinajstić information content (AvgIpc) is 3.04. The summed E-state index contributed by atoms with van der Waals surface area (Å²) >= 11 is 0. The maximum absolute atomic E-state index is 13.0. The Bertz CT molecular complexity index is 1340. The Labute approximate surface area is 302 Å². The number of nitrogens with two attached hydrogens (primary N) is 2. The minimum Gasteiger partial charge on any atom is -0.479 e. The van der Waals surface area contributed by atoms with Crippen LogP contribution in [-0.2, 0) is 46.9 Å². The van der Waals surface area contributed by atoms with Crippen LogP contribution in [0.25, 0.3) is 0 Å². The Kier molecular flexibility index (Phi) is 18.7. The number of phosphoric acid groups is 1. The average molecular weight is 768 g/mol. The first-order chi connectivity index (χ1) is 24.3. The van der Waals surface area contributed by atoms with Crippen LogP contribution in [0.3, 0.4) is 0 Å². The van der Waals surface area contributed by atoms with Gasteiger partial charge in [0.2, 0.25) is 11.8 Å². The van der Waals surface area contributed by atoms with Gasteiger partial charge >= 0.3 is 13.8 Å². The van der Waals surface area contributed by atoms with Crippen LogP contribution in [0.5, 0.6) is 0 Å². The van der Waals surface area contributed by atoms with Crippen molar-refractivity contribution in [3.05, 3.63) is 34.9 Å². The highest BCUT2D eigenvalue weighted by molar-refractivity contribution is 7.47. The minimum absolute atomic E-state index is 0.166. The van der Waals surface area contributed by atoms with Crippen LogP contribution in [-0.4, -0.2) is 135 Å². The van der Waals surface area contributed by atoms with E-state index in [0.717, 1.165) is 31.8 Å². The molecular weight excluding hydrogens is 713 g/mol. The minimum atomic E-state index is -5.35. The Balaban J connectivity index is 2.13. The van der Waals surface area contributed by atoms with Crippen molar-refractivity contribution in [2.24, 2.45) is 11.5 Å². The lowest BCUT2D eigenvalue weighted by atomic mass is 9.94. The summed E-state index contributed by atoms with van der Waals surface area (Å²) in [5, 5.41) is 53.5. The first-order valence-electron chi connectivity index (χ1n) is 16.7. The molecule has 12 atom stereocenters. The number of primary amides is 1. The fourth-order valence-corrected chi connectivity index (χ4v) is 6.08. The number of carbonyl (C=O) groups excluding carboxylic acids is 2. The zero-order valence-corrected chi connectivity index (χ0v) is 30.8. The number of amides is 2. The number of carboxylic acids is 1.